The summed E-state index contributed by atoms with van der Waals surface area (Å²) in [6.45, 7) is 4.28. The van der Waals surface area contributed by atoms with Crippen molar-refractivity contribution in [3.63, 3.8) is 0 Å². The van der Waals surface area contributed by atoms with Crippen molar-refractivity contribution in [3.8, 4) is 0 Å². The lowest BCUT2D eigenvalue weighted by Crippen LogP contribution is -2.59. The third-order valence-corrected chi connectivity index (χ3v) is 10.0. The van der Waals surface area contributed by atoms with Crippen molar-refractivity contribution in [3.05, 3.63) is 47.3 Å². The molecule has 0 saturated carbocycles. The van der Waals surface area contributed by atoms with E-state index in [-0.39, 0.29) is 29.9 Å². The number of morpholine rings is 1. The first kappa shape index (κ1) is 29.1. The quantitative estimate of drug-likeness (QED) is 0.521. The van der Waals surface area contributed by atoms with Gasteiger partial charge in [-0.25, -0.2) is 8.42 Å². The van der Waals surface area contributed by atoms with Gasteiger partial charge in [0.15, 0.2) is 0 Å². The van der Waals surface area contributed by atoms with Crippen LogP contribution in [0.3, 0.4) is 0 Å². The summed E-state index contributed by atoms with van der Waals surface area (Å²) < 4.78 is 113. The number of piperazine rings is 1. The number of aliphatic hydroxyl groups is 1. The molecule has 212 valence electrons. The van der Waals surface area contributed by atoms with Gasteiger partial charge in [-0.2, -0.15) is 30.6 Å². The molecule has 4 rings (SSSR count). The van der Waals surface area contributed by atoms with E-state index in [4.69, 9.17) is 4.74 Å². The summed E-state index contributed by atoms with van der Waals surface area (Å²) in [5.41, 5.74) is -6.05. The van der Waals surface area contributed by atoms with Gasteiger partial charge in [0, 0.05) is 50.5 Å². The van der Waals surface area contributed by atoms with Crippen molar-refractivity contribution in [2.75, 3.05) is 50.8 Å². The van der Waals surface area contributed by atoms with Gasteiger partial charge in [0.25, 0.3) is 15.6 Å². The topological polar surface area (TPSA) is 73.3 Å². The normalized spacial score (nSPS) is 23.1. The highest BCUT2D eigenvalue weighted by Gasteiger charge is 2.71. The number of thiophene rings is 1. The SMILES string of the molecule is C[C@H]1CN(C[C@H]2CN(S(=O)(=O)c3cccs3)CCN2c2ccc(C(O)(C(F)(F)F)C(F)(F)F)cc2)CCO1. The first-order chi connectivity index (χ1) is 17.6. The third kappa shape index (κ3) is 5.54. The smallest absolute Gasteiger partial charge is 0.376 e. The minimum atomic E-state index is -5.98. The number of nitrogens with zero attached hydrogens (tertiary/aromatic N) is 3. The molecule has 0 radical (unpaired) electrons. The second kappa shape index (κ2) is 10.6. The molecule has 15 heteroatoms. The van der Waals surface area contributed by atoms with Crippen LogP contribution in [0.1, 0.15) is 12.5 Å². The predicted molar refractivity (Wildman–Crippen MR) is 129 cm³/mol. The largest absolute Gasteiger partial charge is 0.430 e. The number of hydrogen-bond donors (Lipinski definition) is 1. The minimum Gasteiger partial charge on any atom is -0.376 e. The lowest BCUT2D eigenvalue weighted by molar-refractivity contribution is -0.376. The van der Waals surface area contributed by atoms with Crippen LogP contribution in [0.25, 0.3) is 0 Å². The maximum Gasteiger partial charge on any atom is 0.430 e. The number of anilines is 1. The third-order valence-electron chi connectivity index (χ3n) is 6.77. The highest BCUT2D eigenvalue weighted by molar-refractivity contribution is 7.91. The molecule has 2 aliphatic heterocycles. The summed E-state index contributed by atoms with van der Waals surface area (Å²) in [6, 6.07) is 6.10. The van der Waals surface area contributed by atoms with Gasteiger partial charge < -0.3 is 14.7 Å². The highest BCUT2D eigenvalue weighted by atomic mass is 32.2. The number of halogens is 6. The van der Waals surface area contributed by atoms with Crippen LogP contribution < -0.4 is 4.90 Å². The van der Waals surface area contributed by atoms with Gasteiger partial charge in [0.2, 0.25) is 0 Å². The van der Waals surface area contributed by atoms with Crippen LogP contribution in [-0.2, 0) is 20.4 Å². The van der Waals surface area contributed by atoms with Crippen molar-refractivity contribution >= 4 is 27.0 Å². The van der Waals surface area contributed by atoms with Crippen molar-refractivity contribution in [1.82, 2.24) is 9.21 Å². The Hall–Kier alpha value is -1.91. The van der Waals surface area contributed by atoms with Gasteiger partial charge in [-0.05, 0) is 30.5 Å². The molecule has 1 aromatic heterocycles. The molecule has 0 unspecified atom stereocenters. The zero-order chi connectivity index (χ0) is 27.9. The number of benzene rings is 1. The Morgan fingerprint density at radius 1 is 1.00 bits per heavy atom. The molecule has 2 aromatic rings. The Kier molecular flexibility index (Phi) is 8.10. The van der Waals surface area contributed by atoms with Crippen molar-refractivity contribution in [2.24, 2.45) is 0 Å². The summed E-state index contributed by atoms with van der Waals surface area (Å²) >= 11 is 1.09. The van der Waals surface area contributed by atoms with Gasteiger partial charge in [-0.1, -0.05) is 18.2 Å². The molecule has 2 atom stereocenters. The Bertz CT molecular complexity index is 1180. The molecule has 1 N–H and O–H groups in total. The Morgan fingerprint density at radius 2 is 1.66 bits per heavy atom. The van der Waals surface area contributed by atoms with Crippen LogP contribution in [0.15, 0.2) is 46.0 Å². The summed E-state index contributed by atoms with van der Waals surface area (Å²) in [5.74, 6) is 0. The molecule has 0 aliphatic carbocycles. The number of rotatable bonds is 6. The maximum atomic E-state index is 13.3. The van der Waals surface area contributed by atoms with Gasteiger partial charge in [0.1, 0.15) is 4.21 Å². The molecule has 2 fully saturated rings. The van der Waals surface area contributed by atoms with E-state index in [1.165, 1.54) is 10.4 Å². The summed E-state index contributed by atoms with van der Waals surface area (Å²) in [7, 11) is -3.77. The van der Waals surface area contributed by atoms with Gasteiger partial charge in [-0.3, -0.25) is 4.90 Å². The second-order valence-electron chi connectivity index (χ2n) is 9.34. The number of sulfonamides is 1. The Labute approximate surface area is 220 Å². The lowest BCUT2D eigenvalue weighted by Gasteiger charge is -2.45. The number of ether oxygens (including phenoxy) is 1. The molecular weight excluding hydrogens is 560 g/mol. The highest BCUT2D eigenvalue weighted by Crippen LogP contribution is 2.50. The van der Waals surface area contributed by atoms with E-state index in [2.05, 4.69) is 4.90 Å². The first-order valence-corrected chi connectivity index (χ1v) is 14.1. The summed E-state index contributed by atoms with van der Waals surface area (Å²) in [6.07, 6.45) is -12.0. The van der Waals surface area contributed by atoms with Crippen molar-refractivity contribution < 1.29 is 44.6 Å². The van der Waals surface area contributed by atoms with Crippen molar-refractivity contribution in [1.29, 1.82) is 0 Å². The molecule has 0 spiro atoms. The van der Waals surface area contributed by atoms with E-state index < -0.39 is 39.6 Å². The predicted octanol–water partition coefficient (Wildman–Crippen LogP) is 3.66. The molecule has 38 heavy (non-hydrogen) atoms. The fourth-order valence-electron chi connectivity index (χ4n) is 4.82. The van der Waals surface area contributed by atoms with Crippen LogP contribution >= 0.6 is 11.3 Å². The van der Waals surface area contributed by atoms with E-state index in [0.717, 1.165) is 23.5 Å². The van der Waals surface area contributed by atoms with Gasteiger partial charge in [-0.15, -0.1) is 11.3 Å². The fourth-order valence-corrected chi connectivity index (χ4v) is 7.43. The van der Waals surface area contributed by atoms with Crippen LogP contribution in [0, 0.1) is 0 Å². The number of hydrogen-bond acceptors (Lipinski definition) is 7. The Balaban J connectivity index is 1.63. The molecule has 2 aliphatic rings. The fraction of sp³-hybridized carbons (Fsp3) is 0.565. The zero-order valence-corrected chi connectivity index (χ0v) is 21.9. The van der Waals surface area contributed by atoms with Crippen LogP contribution in [0.5, 0.6) is 0 Å². The van der Waals surface area contributed by atoms with E-state index in [1.807, 2.05) is 6.92 Å². The molecule has 2 saturated heterocycles. The summed E-state index contributed by atoms with van der Waals surface area (Å²) in [4.78, 5) is 3.87. The van der Waals surface area contributed by atoms with E-state index >= 15 is 0 Å². The average Bonchev–Trinajstić information content (AvgIpc) is 3.38. The lowest BCUT2D eigenvalue weighted by atomic mass is 9.92. The first-order valence-electron chi connectivity index (χ1n) is 11.7. The van der Waals surface area contributed by atoms with Crippen LogP contribution in [0.4, 0.5) is 32.0 Å². The Morgan fingerprint density at radius 3 is 2.21 bits per heavy atom. The van der Waals surface area contributed by atoms with Crippen LogP contribution in [0.2, 0.25) is 0 Å². The van der Waals surface area contributed by atoms with Gasteiger partial charge >= 0.3 is 12.4 Å². The van der Waals surface area contributed by atoms with Gasteiger partial charge in [0.05, 0.1) is 18.8 Å². The maximum absolute atomic E-state index is 13.3. The monoisotopic (exact) mass is 587 g/mol. The molecular formula is C23H27F6N3O4S2. The summed E-state index contributed by atoms with van der Waals surface area (Å²) in [5, 5.41) is 11.4. The molecule has 0 bridgehead atoms. The average molecular weight is 588 g/mol. The van der Waals surface area contributed by atoms with E-state index in [9.17, 15) is 39.9 Å². The number of alkyl halides is 6. The van der Waals surface area contributed by atoms with Crippen LogP contribution in [-0.4, -0.2) is 93.1 Å². The molecule has 7 nitrogen and oxygen atoms in total. The minimum absolute atomic E-state index is 0.0477. The standard InChI is InChI=1S/C23H27F6N3O4S2/c1-16-13-30(10-11-36-16)14-19-15-31(38(34,35)20-3-2-12-37-20)8-9-32(19)18-6-4-17(5-7-18)21(33,22(24,25)26)23(27,28)29/h2-7,12,16,19,33H,8-11,13-15H2,1H3/t16-,19-/m0/s1. The molecule has 3 heterocycles. The molecule has 0 amide bonds. The zero-order valence-electron chi connectivity index (χ0n) is 20.2. The second-order valence-corrected chi connectivity index (χ2v) is 12.4. The molecule has 1 aromatic carbocycles. The van der Waals surface area contributed by atoms with E-state index in [1.54, 1.807) is 16.3 Å². The van der Waals surface area contributed by atoms with Crippen molar-refractivity contribution in [2.45, 2.75) is 41.2 Å². The van der Waals surface area contributed by atoms with E-state index in [0.29, 0.717) is 44.1 Å².